The van der Waals surface area contributed by atoms with Crippen molar-refractivity contribution in [3.05, 3.63) is 54.6 Å². The van der Waals surface area contributed by atoms with E-state index >= 15 is 0 Å². The van der Waals surface area contributed by atoms with Crippen molar-refractivity contribution in [1.29, 1.82) is 0 Å². The first-order valence-corrected chi connectivity index (χ1v) is 8.28. The molecule has 1 amide bonds. The molecule has 0 aromatic heterocycles. The highest BCUT2D eigenvalue weighted by molar-refractivity contribution is 5.94. The highest BCUT2D eigenvalue weighted by Gasteiger charge is 2.26. The Labute approximate surface area is 142 Å². The van der Waals surface area contributed by atoms with Gasteiger partial charge in [-0.2, -0.15) is 0 Å². The predicted octanol–water partition coefficient (Wildman–Crippen LogP) is 2.54. The number of hydrogen-bond acceptors (Lipinski definition) is 4. The molecule has 1 atom stereocenters. The predicted molar refractivity (Wildman–Crippen MR) is 96.4 cm³/mol. The molecule has 1 heterocycles. The number of carbonyl (C=O) groups is 1. The molecular weight excluding hydrogens is 302 g/mol. The van der Waals surface area contributed by atoms with E-state index in [1.807, 2.05) is 55.5 Å². The van der Waals surface area contributed by atoms with Crippen LogP contribution in [-0.4, -0.2) is 48.1 Å². The Morgan fingerprint density at radius 2 is 1.62 bits per heavy atom. The summed E-state index contributed by atoms with van der Waals surface area (Å²) in [6, 6.07) is 16.7. The molecule has 2 aromatic carbocycles. The monoisotopic (exact) mass is 325 g/mol. The first-order valence-electron chi connectivity index (χ1n) is 8.28. The van der Waals surface area contributed by atoms with Crippen molar-refractivity contribution in [3.63, 3.8) is 0 Å². The second kappa shape index (κ2) is 7.36. The number of anilines is 2. The molecule has 2 aromatic rings. The van der Waals surface area contributed by atoms with E-state index in [4.69, 9.17) is 0 Å². The first kappa shape index (κ1) is 16.3. The molecule has 1 unspecified atom stereocenters. The Morgan fingerprint density at radius 3 is 2.29 bits per heavy atom. The van der Waals surface area contributed by atoms with Crippen molar-refractivity contribution >= 4 is 17.3 Å². The zero-order valence-electron chi connectivity index (χ0n) is 13.9. The van der Waals surface area contributed by atoms with Gasteiger partial charge in [0.25, 0.3) is 0 Å². The zero-order valence-corrected chi connectivity index (χ0v) is 13.9. The molecule has 5 heteroatoms. The number of aromatic hydroxyl groups is 1. The van der Waals surface area contributed by atoms with Crippen molar-refractivity contribution in [3.8, 4) is 5.75 Å². The quantitative estimate of drug-likeness (QED) is 0.907. The average molecular weight is 325 g/mol. The minimum Gasteiger partial charge on any atom is -0.506 e. The Balaban J connectivity index is 1.56. The Bertz CT molecular complexity index is 682. The summed E-state index contributed by atoms with van der Waals surface area (Å²) in [5, 5.41) is 12.9. The van der Waals surface area contributed by atoms with Crippen LogP contribution < -0.4 is 10.2 Å². The molecule has 126 valence electrons. The van der Waals surface area contributed by atoms with Crippen LogP contribution in [0.5, 0.6) is 5.75 Å². The van der Waals surface area contributed by atoms with E-state index in [1.54, 1.807) is 6.07 Å². The molecule has 0 bridgehead atoms. The van der Waals surface area contributed by atoms with Gasteiger partial charge < -0.3 is 15.3 Å². The second-order valence-electron chi connectivity index (χ2n) is 6.04. The van der Waals surface area contributed by atoms with Crippen LogP contribution >= 0.6 is 0 Å². The molecular formula is C19H23N3O2. The minimum absolute atomic E-state index is 0.0113. The normalized spacial score (nSPS) is 16.6. The summed E-state index contributed by atoms with van der Waals surface area (Å²) in [4.78, 5) is 16.7. The number of piperazine rings is 1. The van der Waals surface area contributed by atoms with Gasteiger partial charge in [0, 0.05) is 31.9 Å². The largest absolute Gasteiger partial charge is 0.506 e. The molecule has 1 aliphatic rings. The molecule has 0 radical (unpaired) electrons. The van der Waals surface area contributed by atoms with E-state index in [0.717, 1.165) is 37.6 Å². The number of rotatable bonds is 4. The average Bonchev–Trinajstić information content (AvgIpc) is 2.62. The van der Waals surface area contributed by atoms with E-state index in [0.29, 0.717) is 5.75 Å². The summed E-state index contributed by atoms with van der Waals surface area (Å²) >= 11 is 0. The van der Waals surface area contributed by atoms with Crippen LogP contribution in [0, 0.1) is 0 Å². The van der Waals surface area contributed by atoms with Gasteiger partial charge in [-0.05, 0) is 31.2 Å². The van der Waals surface area contributed by atoms with Crippen molar-refractivity contribution in [2.45, 2.75) is 13.0 Å². The summed E-state index contributed by atoms with van der Waals surface area (Å²) in [6.07, 6.45) is 0. The van der Waals surface area contributed by atoms with Gasteiger partial charge in [0.05, 0.1) is 11.7 Å². The molecule has 24 heavy (non-hydrogen) atoms. The maximum absolute atomic E-state index is 12.4. The molecule has 3 rings (SSSR count). The summed E-state index contributed by atoms with van der Waals surface area (Å²) in [6.45, 7) is 5.10. The van der Waals surface area contributed by atoms with Crippen LogP contribution in [-0.2, 0) is 4.79 Å². The number of para-hydroxylation sites is 3. The van der Waals surface area contributed by atoms with Gasteiger partial charge in [-0.3, -0.25) is 9.69 Å². The molecule has 5 nitrogen and oxygen atoms in total. The lowest BCUT2D eigenvalue weighted by atomic mass is 10.2. The molecule has 1 saturated heterocycles. The third-order valence-electron chi connectivity index (χ3n) is 4.51. The summed E-state index contributed by atoms with van der Waals surface area (Å²) in [7, 11) is 0. The summed E-state index contributed by atoms with van der Waals surface area (Å²) < 4.78 is 0. The van der Waals surface area contributed by atoms with Gasteiger partial charge in [0.15, 0.2) is 0 Å². The maximum atomic E-state index is 12.4. The van der Waals surface area contributed by atoms with E-state index in [9.17, 15) is 9.90 Å². The van der Waals surface area contributed by atoms with Gasteiger partial charge in [-0.15, -0.1) is 0 Å². The molecule has 0 saturated carbocycles. The van der Waals surface area contributed by atoms with Gasteiger partial charge in [-0.1, -0.05) is 30.3 Å². The fourth-order valence-electron chi connectivity index (χ4n) is 3.02. The number of phenolic OH excluding ortho intramolecular Hbond substituents is 1. The van der Waals surface area contributed by atoms with Gasteiger partial charge in [0.2, 0.25) is 5.91 Å². The Morgan fingerprint density at radius 1 is 1.00 bits per heavy atom. The number of benzene rings is 2. The van der Waals surface area contributed by atoms with E-state index in [-0.39, 0.29) is 11.9 Å². The Kier molecular flexibility index (Phi) is 5.01. The number of carbonyl (C=O) groups excluding carboxylic acids is 1. The lowest BCUT2D eigenvalue weighted by Gasteiger charge is -2.38. The maximum Gasteiger partial charge on any atom is 0.241 e. The van der Waals surface area contributed by atoms with E-state index in [2.05, 4.69) is 15.1 Å². The summed E-state index contributed by atoms with van der Waals surface area (Å²) in [5.41, 5.74) is 1.68. The second-order valence-corrected chi connectivity index (χ2v) is 6.04. The highest BCUT2D eigenvalue weighted by Crippen LogP contribution is 2.27. The van der Waals surface area contributed by atoms with Gasteiger partial charge in [-0.25, -0.2) is 0 Å². The minimum atomic E-state index is -0.184. The molecule has 1 fully saturated rings. The smallest absolute Gasteiger partial charge is 0.241 e. The first-order chi connectivity index (χ1) is 11.6. The third kappa shape index (κ3) is 3.68. The highest BCUT2D eigenvalue weighted by atomic mass is 16.3. The third-order valence-corrected chi connectivity index (χ3v) is 4.51. The van der Waals surface area contributed by atoms with Crippen LogP contribution in [0.1, 0.15) is 6.92 Å². The van der Waals surface area contributed by atoms with Crippen LogP contribution in [0.2, 0.25) is 0 Å². The summed E-state index contributed by atoms with van der Waals surface area (Å²) in [5.74, 6) is 0.318. The van der Waals surface area contributed by atoms with Crippen LogP contribution in [0.3, 0.4) is 0 Å². The topological polar surface area (TPSA) is 55.8 Å². The van der Waals surface area contributed by atoms with Crippen molar-refractivity contribution in [2.24, 2.45) is 0 Å². The van der Waals surface area contributed by atoms with Crippen LogP contribution in [0.4, 0.5) is 11.4 Å². The van der Waals surface area contributed by atoms with Crippen LogP contribution in [0.15, 0.2) is 54.6 Å². The van der Waals surface area contributed by atoms with Gasteiger partial charge >= 0.3 is 0 Å². The van der Waals surface area contributed by atoms with E-state index in [1.165, 1.54) is 0 Å². The standard InChI is InChI=1S/C19H23N3O2/c1-15(19(24)20-16-7-3-2-4-8-16)21-11-13-22(14-12-21)17-9-5-6-10-18(17)23/h2-10,15,23H,11-14H2,1H3,(H,20,24). The number of nitrogens with one attached hydrogen (secondary N) is 1. The van der Waals surface area contributed by atoms with E-state index < -0.39 is 0 Å². The van der Waals surface area contributed by atoms with Gasteiger partial charge in [0.1, 0.15) is 5.75 Å². The SMILES string of the molecule is CC(C(=O)Nc1ccccc1)N1CCN(c2ccccc2O)CC1. The Hall–Kier alpha value is -2.53. The number of nitrogens with zero attached hydrogens (tertiary/aromatic N) is 2. The fraction of sp³-hybridized carbons (Fsp3) is 0.316. The zero-order chi connectivity index (χ0) is 16.9. The number of hydrogen-bond donors (Lipinski definition) is 2. The van der Waals surface area contributed by atoms with Crippen molar-refractivity contribution in [1.82, 2.24) is 4.90 Å². The fourth-order valence-corrected chi connectivity index (χ4v) is 3.02. The lowest BCUT2D eigenvalue weighted by molar-refractivity contribution is -0.120. The van der Waals surface area contributed by atoms with Crippen molar-refractivity contribution < 1.29 is 9.90 Å². The van der Waals surface area contributed by atoms with Crippen LogP contribution in [0.25, 0.3) is 0 Å². The lowest BCUT2D eigenvalue weighted by Crippen LogP contribution is -2.52. The van der Waals surface area contributed by atoms with Crippen molar-refractivity contribution in [2.75, 3.05) is 36.4 Å². The number of phenols is 1. The molecule has 0 spiro atoms. The number of amides is 1. The molecule has 2 N–H and O–H groups in total. The molecule has 1 aliphatic heterocycles. The molecule has 0 aliphatic carbocycles.